The Kier molecular flexibility index (Phi) is 5.20. The van der Waals surface area contributed by atoms with Gasteiger partial charge in [-0.3, -0.25) is 19.1 Å². The minimum atomic E-state index is -0.135. The van der Waals surface area contributed by atoms with Gasteiger partial charge >= 0.3 is 0 Å². The summed E-state index contributed by atoms with van der Waals surface area (Å²) in [5.41, 5.74) is 2.08. The van der Waals surface area contributed by atoms with Crippen LogP contribution in [0.5, 0.6) is 0 Å². The molecular weight excluding hydrogens is 374 g/mol. The lowest BCUT2D eigenvalue weighted by atomic mass is 10.2. The zero-order valence-corrected chi connectivity index (χ0v) is 15.7. The van der Waals surface area contributed by atoms with Crippen LogP contribution in [-0.4, -0.2) is 25.4 Å². The second kappa shape index (κ2) is 8.10. The Hall–Kier alpha value is -3.39. The quantitative estimate of drug-likeness (QED) is 0.544. The van der Waals surface area contributed by atoms with E-state index in [2.05, 4.69) is 20.3 Å². The highest BCUT2D eigenvalue weighted by molar-refractivity contribution is 7.14. The first-order valence-electron chi connectivity index (χ1n) is 8.82. The summed E-state index contributed by atoms with van der Waals surface area (Å²) in [5, 5.41) is 5.78. The molecule has 4 aromatic rings. The Morgan fingerprint density at radius 1 is 1.07 bits per heavy atom. The molecule has 0 aliphatic carbocycles. The number of thiazole rings is 1. The molecule has 0 bridgehead atoms. The van der Waals surface area contributed by atoms with Crippen molar-refractivity contribution in [3.63, 3.8) is 0 Å². The fourth-order valence-corrected chi connectivity index (χ4v) is 3.54. The number of aryl methyl sites for hydroxylation is 1. The Balaban J connectivity index is 1.34. The van der Waals surface area contributed by atoms with Crippen molar-refractivity contribution in [1.29, 1.82) is 0 Å². The molecule has 140 valence electrons. The van der Waals surface area contributed by atoms with E-state index >= 15 is 0 Å². The number of rotatable bonds is 6. The van der Waals surface area contributed by atoms with Crippen molar-refractivity contribution in [2.75, 3.05) is 5.32 Å². The Labute approximate surface area is 164 Å². The molecule has 1 amide bonds. The molecule has 0 aliphatic rings. The summed E-state index contributed by atoms with van der Waals surface area (Å²) >= 11 is 1.36. The summed E-state index contributed by atoms with van der Waals surface area (Å²) in [6, 6.07) is 12.8. The van der Waals surface area contributed by atoms with E-state index in [1.807, 2.05) is 41.8 Å². The highest BCUT2D eigenvalue weighted by atomic mass is 32.1. The number of carbonyl (C=O) groups excluding carboxylic acids is 1. The molecule has 1 aromatic carbocycles. The standard InChI is InChI=1S/C20H17N5O2S/c26-18(24-20-23-17(12-28-20)16-8-3-4-10-21-16)9-5-11-25-13-22-15-7-2-1-6-14(15)19(25)27/h1-4,6-8,10,12-13H,5,9,11H2,(H,23,24,26). The van der Waals surface area contributed by atoms with Crippen LogP contribution < -0.4 is 10.9 Å². The third-order valence-electron chi connectivity index (χ3n) is 4.21. The minimum Gasteiger partial charge on any atom is -0.302 e. The number of pyridine rings is 1. The Morgan fingerprint density at radius 3 is 2.79 bits per heavy atom. The average molecular weight is 391 g/mol. The van der Waals surface area contributed by atoms with Crippen molar-refractivity contribution < 1.29 is 4.79 Å². The van der Waals surface area contributed by atoms with Gasteiger partial charge in [0.2, 0.25) is 5.91 Å². The third kappa shape index (κ3) is 3.96. The molecule has 7 nitrogen and oxygen atoms in total. The van der Waals surface area contributed by atoms with Gasteiger partial charge in [0, 0.05) is 24.5 Å². The molecule has 0 radical (unpaired) electrons. The van der Waals surface area contributed by atoms with E-state index in [0.29, 0.717) is 29.0 Å². The van der Waals surface area contributed by atoms with Crippen LogP contribution in [0.2, 0.25) is 0 Å². The fourth-order valence-electron chi connectivity index (χ4n) is 2.82. The van der Waals surface area contributed by atoms with E-state index in [0.717, 1.165) is 11.4 Å². The number of carbonyl (C=O) groups is 1. The molecule has 28 heavy (non-hydrogen) atoms. The molecule has 3 aromatic heterocycles. The van der Waals surface area contributed by atoms with Gasteiger partial charge in [-0.2, -0.15) is 0 Å². The van der Waals surface area contributed by atoms with Crippen molar-refractivity contribution in [2.24, 2.45) is 0 Å². The van der Waals surface area contributed by atoms with E-state index in [1.54, 1.807) is 12.3 Å². The van der Waals surface area contributed by atoms with Gasteiger partial charge in [-0.1, -0.05) is 18.2 Å². The second-order valence-electron chi connectivity index (χ2n) is 6.16. The lowest BCUT2D eigenvalue weighted by Crippen LogP contribution is -2.21. The molecule has 0 atom stereocenters. The first kappa shape index (κ1) is 18.0. The predicted octanol–water partition coefficient (Wildman–Crippen LogP) is 3.33. The SMILES string of the molecule is O=C(CCCn1cnc2ccccc2c1=O)Nc1nc(-c2ccccn2)cs1. The highest BCUT2D eigenvalue weighted by Crippen LogP contribution is 2.23. The normalized spacial score (nSPS) is 10.9. The molecule has 0 unspecified atom stereocenters. The molecule has 0 saturated carbocycles. The van der Waals surface area contributed by atoms with Crippen molar-refractivity contribution >= 4 is 33.3 Å². The van der Waals surface area contributed by atoms with Crippen LogP contribution in [0.4, 0.5) is 5.13 Å². The smallest absolute Gasteiger partial charge is 0.261 e. The van der Waals surface area contributed by atoms with Crippen LogP contribution >= 0.6 is 11.3 Å². The fraction of sp³-hybridized carbons (Fsp3) is 0.150. The van der Waals surface area contributed by atoms with Gasteiger partial charge in [0.15, 0.2) is 5.13 Å². The van der Waals surface area contributed by atoms with Gasteiger partial charge in [-0.05, 0) is 30.7 Å². The van der Waals surface area contributed by atoms with E-state index in [-0.39, 0.29) is 17.9 Å². The molecular formula is C20H17N5O2S. The highest BCUT2D eigenvalue weighted by Gasteiger charge is 2.09. The molecule has 1 N–H and O–H groups in total. The summed E-state index contributed by atoms with van der Waals surface area (Å²) in [4.78, 5) is 37.6. The minimum absolute atomic E-state index is 0.0917. The summed E-state index contributed by atoms with van der Waals surface area (Å²) in [7, 11) is 0. The van der Waals surface area contributed by atoms with Crippen LogP contribution in [-0.2, 0) is 11.3 Å². The maximum absolute atomic E-state index is 12.4. The molecule has 0 aliphatic heterocycles. The Bertz CT molecular complexity index is 1170. The number of fused-ring (bicyclic) bond motifs is 1. The van der Waals surface area contributed by atoms with Crippen molar-refractivity contribution in [2.45, 2.75) is 19.4 Å². The summed E-state index contributed by atoms with van der Waals surface area (Å²) < 4.78 is 1.54. The van der Waals surface area contributed by atoms with Gasteiger partial charge in [0.1, 0.15) is 5.69 Å². The Morgan fingerprint density at radius 2 is 1.93 bits per heavy atom. The maximum atomic E-state index is 12.4. The third-order valence-corrected chi connectivity index (χ3v) is 4.97. The number of amides is 1. The van der Waals surface area contributed by atoms with E-state index in [4.69, 9.17) is 0 Å². The number of hydrogen-bond donors (Lipinski definition) is 1. The van der Waals surface area contributed by atoms with E-state index in [9.17, 15) is 9.59 Å². The number of para-hydroxylation sites is 1. The number of hydrogen-bond acceptors (Lipinski definition) is 6. The summed E-state index contributed by atoms with van der Waals surface area (Å²) in [5.74, 6) is -0.135. The van der Waals surface area contributed by atoms with Gasteiger partial charge in [0.05, 0.1) is 22.9 Å². The van der Waals surface area contributed by atoms with E-state index in [1.165, 1.54) is 22.2 Å². The molecule has 0 spiro atoms. The molecule has 4 rings (SSSR count). The van der Waals surface area contributed by atoms with Crippen LogP contribution in [0.3, 0.4) is 0 Å². The van der Waals surface area contributed by atoms with E-state index < -0.39 is 0 Å². The number of anilines is 1. The lowest BCUT2D eigenvalue weighted by Gasteiger charge is -2.06. The van der Waals surface area contributed by atoms with Crippen molar-refractivity contribution in [3.05, 3.63) is 70.7 Å². The van der Waals surface area contributed by atoms with Gasteiger partial charge in [-0.15, -0.1) is 11.3 Å². The monoisotopic (exact) mass is 391 g/mol. The van der Waals surface area contributed by atoms with Crippen molar-refractivity contribution in [3.8, 4) is 11.4 Å². The summed E-state index contributed by atoms with van der Waals surface area (Å²) in [6.45, 7) is 0.432. The number of nitrogens with zero attached hydrogens (tertiary/aromatic N) is 4. The zero-order chi connectivity index (χ0) is 19.3. The van der Waals surface area contributed by atoms with Crippen LogP contribution in [0, 0.1) is 0 Å². The topological polar surface area (TPSA) is 89.8 Å². The molecule has 3 heterocycles. The second-order valence-corrected chi connectivity index (χ2v) is 7.02. The van der Waals surface area contributed by atoms with Crippen LogP contribution in [0.25, 0.3) is 22.3 Å². The number of benzene rings is 1. The molecule has 0 saturated heterocycles. The largest absolute Gasteiger partial charge is 0.302 e. The molecule has 8 heteroatoms. The lowest BCUT2D eigenvalue weighted by molar-refractivity contribution is -0.116. The van der Waals surface area contributed by atoms with Crippen LogP contribution in [0.15, 0.2) is 65.2 Å². The van der Waals surface area contributed by atoms with Gasteiger partial charge in [-0.25, -0.2) is 9.97 Å². The number of nitrogens with one attached hydrogen (secondary N) is 1. The maximum Gasteiger partial charge on any atom is 0.261 e. The predicted molar refractivity (Wildman–Crippen MR) is 109 cm³/mol. The first-order valence-corrected chi connectivity index (χ1v) is 9.69. The zero-order valence-electron chi connectivity index (χ0n) is 14.9. The first-order chi connectivity index (χ1) is 13.7. The summed E-state index contributed by atoms with van der Waals surface area (Å²) in [6.07, 6.45) is 4.06. The van der Waals surface area contributed by atoms with Gasteiger partial charge < -0.3 is 5.32 Å². The van der Waals surface area contributed by atoms with Crippen LogP contribution in [0.1, 0.15) is 12.8 Å². The number of aromatic nitrogens is 4. The van der Waals surface area contributed by atoms with Crippen molar-refractivity contribution in [1.82, 2.24) is 19.5 Å². The average Bonchev–Trinajstić information content (AvgIpc) is 3.19. The molecule has 0 fully saturated rings. The van der Waals surface area contributed by atoms with Gasteiger partial charge in [0.25, 0.3) is 5.56 Å².